The molecule has 0 spiro atoms. The van der Waals surface area contributed by atoms with Gasteiger partial charge in [-0.05, 0) is 31.4 Å². The number of aromatic nitrogens is 1. The van der Waals surface area contributed by atoms with Gasteiger partial charge in [0.15, 0.2) is 0 Å². The summed E-state index contributed by atoms with van der Waals surface area (Å²) in [5, 5.41) is 7.43. The third-order valence-corrected chi connectivity index (χ3v) is 2.52. The van der Waals surface area contributed by atoms with Crippen LogP contribution >= 0.6 is 0 Å². The van der Waals surface area contributed by atoms with E-state index >= 15 is 0 Å². The Kier molecular flexibility index (Phi) is 3.52. The van der Waals surface area contributed by atoms with E-state index in [2.05, 4.69) is 13.8 Å². The maximum absolute atomic E-state index is 12.1. The van der Waals surface area contributed by atoms with Crippen molar-refractivity contribution >= 4 is 5.84 Å². The van der Waals surface area contributed by atoms with Crippen LogP contribution in [0.5, 0.6) is 0 Å². The average molecular weight is 221 g/mol. The number of aryl methyl sites for hydroxylation is 2. The van der Waals surface area contributed by atoms with Crippen LogP contribution in [0, 0.1) is 25.2 Å². The first-order chi connectivity index (χ1) is 7.34. The van der Waals surface area contributed by atoms with Gasteiger partial charge < -0.3 is 10.3 Å². The Balaban J connectivity index is 3.45. The van der Waals surface area contributed by atoms with Gasteiger partial charge in [-0.25, -0.2) is 0 Å². The summed E-state index contributed by atoms with van der Waals surface area (Å²) >= 11 is 0. The van der Waals surface area contributed by atoms with Gasteiger partial charge in [0.25, 0.3) is 5.56 Å². The molecule has 0 aromatic carbocycles. The lowest BCUT2D eigenvalue weighted by Gasteiger charge is -2.15. The van der Waals surface area contributed by atoms with Crippen LogP contribution in [-0.2, 0) is 6.54 Å². The minimum atomic E-state index is -0.154. The van der Waals surface area contributed by atoms with Crippen LogP contribution in [0.15, 0.2) is 10.9 Å². The third-order valence-electron chi connectivity index (χ3n) is 2.52. The Morgan fingerprint density at radius 2 is 2.06 bits per heavy atom. The number of amidine groups is 1. The number of nitrogens with one attached hydrogen (secondary N) is 1. The molecule has 0 radical (unpaired) electrons. The van der Waals surface area contributed by atoms with E-state index in [1.54, 1.807) is 4.57 Å². The van der Waals surface area contributed by atoms with Crippen molar-refractivity contribution in [2.24, 2.45) is 11.7 Å². The molecule has 0 fully saturated rings. The highest BCUT2D eigenvalue weighted by Crippen LogP contribution is 2.07. The maximum atomic E-state index is 12.1. The smallest absolute Gasteiger partial charge is 0.262 e. The van der Waals surface area contributed by atoms with E-state index in [0.717, 1.165) is 11.3 Å². The van der Waals surface area contributed by atoms with E-state index in [1.165, 1.54) is 0 Å². The number of nitrogen functional groups attached to an aromatic ring is 1. The van der Waals surface area contributed by atoms with Crippen molar-refractivity contribution in [3.8, 4) is 0 Å². The van der Waals surface area contributed by atoms with Crippen LogP contribution in [0.1, 0.15) is 30.7 Å². The number of hydrogen-bond donors (Lipinski definition) is 2. The highest BCUT2D eigenvalue weighted by Gasteiger charge is 2.13. The molecule has 16 heavy (non-hydrogen) atoms. The molecule has 0 aliphatic carbocycles. The zero-order valence-electron chi connectivity index (χ0n) is 10.3. The molecule has 0 amide bonds. The van der Waals surface area contributed by atoms with Crippen molar-refractivity contribution in [1.82, 2.24) is 4.57 Å². The summed E-state index contributed by atoms with van der Waals surface area (Å²) in [7, 11) is 0. The molecule has 1 rings (SSSR count). The van der Waals surface area contributed by atoms with Gasteiger partial charge in [-0.15, -0.1) is 0 Å². The lowest BCUT2D eigenvalue weighted by Crippen LogP contribution is -2.33. The summed E-state index contributed by atoms with van der Waals surface area (Å²) in [6.45, 7) is 8.48. The molecule has 0 aliphatic heterocycles. The van der Waals surface area contributed by atoms with E-state index in [9.17, 15) is 4.79 Å². The van der Waals surface area contributed by atoms with Gasteiger partial charge in [-0.2, -0.15) is 0 Å². The lowest BCUT2D eigenvalue weighted by molar-refractivity contribution is 0.501. The zero-order chi connectivity index (χ0) is 12.5. The minimum absolute atomic E-state index is 0.153. The monoisotopic (exact) mass is 221 g/mol. The van der Waals surface area contributed by atoms with Crippen molar-refractivity contribution in [3.05, 3.63) is 33.2 Å². The highest BCUT2D eigenvalue weighted by molar-refractivity contribution is 5.95. The van der Waals surface area contributed by atoms with Crippen molar-refractivity contribution in [1.29, 1.82) is 5.41 Å². The van der Waals surface area contributed by atoms with Gasteiger partial charge in [0.05, 0.1) is 5.56 Å². The van der Waals surface area contributed by atoms with Crippen LogP contribution in [0.2, 0.25) is 0 Å². The Hall–Kier alpha value is -1.58. The molecule has 4 nitrogen and oxygen atoms in total. The van der Waals surface area contributed by atoms with Gasteiger partial charge in [0, 0.05) is 12.2 Å². The number of hydrogen-bond acceptors (Lipinski definition) is 2. The van der Waals surface area contributed by atoms with Gasteiger partial charge in [0.2, 0.25) is 0 Å². The summed E-state index contributed by atoms with van der Waals surface area (Å²) < 4.78 is 1.69. The van der Waals surface area contributed by atoms with Crippen LogP contribution in [0.25, 0.3) is 0 Å². The molecular formula is C12H19N3O. The molecule has 0 atom stereocenters. The first kappa shape index (κ1) is 12.5. The fourth-order valence-electron chi connectivity index (χ4n) is 1.85. The molecule has 0 saturated carbocycles. The SMILES string of the molecule is Cc1cc(C)n(CC(C)C)c(=O)c1C(=N)N. The fourth-order valence-corrected chi connectivity index (χ4v) is 1.85. The second-order valence-corrected chi connectivity index (χ2v) is 4.57. The van der Waals surface area contributed by atoms with Crippen molar-refractivity contribution in [2.45, 2.75) is 34.2 Å². The normalized spacial score (nSPS) is 10.8. The average Bonchev–Trinajstić information content (AvgIpc) is 2.10. The third kappa shape index (κ3) is 2.32. The summed E-state index contributed by atoms with van der Waals surface area (Å²) in [6.07, 6.45) is 0. The lowest BCUT2D eigenvalue weighted by atomic mass is 10.1. The van der Waals surface area contributed by atoms with E-state index in [0.29, 0.717) is 18.0 Å². The Labute approximate surface area is 95.6 Å². The van der Waals surface area contributed by atoms with Crippen molar-refractivity contribution in [2.75, 3.05) is 0 Å². The molecule has 3 N–H and O–H groups in total. The highest BCUT2D eigenvalue weighted by atomic mass is 16.1. The Morgan fingerprint density at radius 3 is 2.50 bits per heavy atom. The van der Waals surface area contributed by atoms with E-state index < -0.39 is 0 Å². The Bertz CT molecular complexity index is 472. The van der Waals surface area contributed by atoms with Gasteiger partial charge >= 0.3 is 0 Å². The Morgan fingerprint density at radius 1 is 1.50 bits per heavy atom. The van der Waals surface area contributed by atoms with E-state index in [1.807, 2.05) is 19.9 Å². The summed E-state index contributed by atoms with van der Waals surface area (Å²) in [5.41, 5.74) is 7.30. The topological polar surface area (TPSA) is 71.9 Å². The van der Waals surface area contributed by atoms with Crippen LogP contribution in [0.4, 0.5) is 0 Å². The molecule has 1 aromatic rings. The summed E-state index contributed by atoms with van der Waals surface area (Å²) in [6, 6.07) is 1.90. The molecular weight excluding hydrogens is 202 g/mol. The molecule has 88 valence electrons. The first-order valence-electron chi connectivity index (χ1n) is 5.40. The number of rotatable bonds is 3. The molecule has 0 unspecified atom stereocenters. The van der Waals surface area contributed by atoms with E-state index in [-0.39, 0.29) is 11.4 Å². The summed E-state index contributed by atoms with van der Waals surface area (Å²) in [4.78, 5) is 12.1. The number of nitrogens with zero attached hydrogens (tertiary/aromatic N) is 1. The molecule has 0 aliphatic rings. The first-order valence-corrected chi connectivity index (χ1v) is 5.40. The van der Waals surface area contributed by atoms with Crippen LogP contribution < -0.4 is 11.3 Å². The van der Waals surface area contributed by atoms with Crippen molar-refractivity contribution < 1.29 is 0 Å². The fraction of sp³-hybridized carbons (Fsp3) is 0.500. The van der Waals surface area contributed by atoms with E-state index in [4.69, 9.17) is 11.1 Å². The number of nitrogens with two attached hydrogens (primary N) is 1. The minimum Gasteiger partial charge on any atom is -0.384 e. The van der Waals surface area contributed by atoms with Gasteiger partial charge in [-0.3, -0.25) is 10.2 Å². The predicted molar refractivity (Wildman–Crippen MR) is 66.0 cm³/mol. The largest absolute Gasteiger partial charge is 0.384 e. The van der Waals surface area contributed by atoms with Crippen LogP contribution in [-0.4, -0.2) is 10.4 Å². The maximum Gasteiger partial charge on any atom is 0.262 e. The van der Waals surface area contributed by atoms with Gasteiger partial charge in [-0.1, -0.05) is 13.8 Å². The molecule has 0 saturated heterocycles. The quantitative estimate of drug-likeness (QED) is 0.598. The predicted octanol–water partition coefficient (Wildman–Crippen LogP) is 1.41. The zero-order valence-corrected chi connectivity index (χ0v) is 10.3. The molecule has 1 heterocycles. The standard InChI is InChI=1S/C12H19N3O/c1-7(2)6-15-9(4)5-8(3)10(11(13)14)12(15)16/h5,7H,6H2,1-4H3,(H3,13,14). The molecule has 0 bridgehead atoms. The molecule has 1 aromatic heterocycles. The molecule has 4 heteroatoms. The number of pyridine rings is 1. The van der Waals surface area contributed by atoms with Gasteiger partial charge in [0.1, 0.15) is 5.84 Å². The van der Waals surface area contributed by atoms with Crippen LogP contribution in [0.3, 0.4) is 0 Å². The summed E-state index contributed by atoms with van der Waals surface area (Å²) in [5.74, 6) is 0.235. The second-order valence-electron chi connectivity index (χ2n) is 4.57. The second kappa shape index (κ2) is 4.51. The van der Waals surface area contributed by atoms with Crippen molar-refractivity contribution in [3.63, 3.8) is 0 Å².